The molecule has 114 valence electrons. The van der Waals surface area contributed by atoms with E-state index >= 15 is 0 Å². The molecule has 0 aromatic carbocycles. The number of hydrogen-bond donors (Lipinski definition) is 0. The van der Waals surface area contributed by atoms with Crippen molar-refractivity contribution < 1.29 is 0 Å². The predicted octanol–water partition coefficient (Wildman–Crippen LogP) is 2.94. The summed E-state index contributed by atoms with van der Waals surface area (Å²) in [5.74, 6) is 6.45. The standard InChI is InChI=1S/C18H32N2/c1-3-7-19-9-15-13-5-6-14(16(15)10-19)18-12-20(8-4-2)11-17(13)18/h13-18H,3-12H2,1-2H3. The van der Waals surface area contributed by atoms with Crippen LogP contribution in [0.5, 0.6) is 0 Å². The summed E-state index contributed by atoms with van der Waals surface area (Å²) in [6, 6.07) is 0. The lowest BCUT2D eigenvalue weighted by molar-refractivity contribution is -0.0289. The Morgan fingerprint density at radius 2 is 0.950 bits per heavy atom. The van der Waals surface area contributed by atoms with Crippen LogP contribution in [0.2, 0.25) is 0 Å². The van der Waals surface area contributed by atoms with Crippen LogP contribution in [0.3, 0.4) is 0 Å². The summed E-state index contributed by atoms with van der Waals surface area (Å²) < 4.78 is 0. The van der Waals surface area contributed by atoms with Crippen LogP contribution in [0.25, 0.3) is 0 Å². The Balaban J connectivity index is 1.51. The molecular weight excluding hydrogens is 244 g/mol. The van der Waals surface area contributed by atoms with Crippen LogP contribution in [-0.2, 0) is 0 Å². The zero-order valence-corrected chi connectivity index (χ0v) is 13.4. The SMILES string of the molecule is CCCN1CC2C3CCC(C2C1)C1CN(CCC)CC31. The fourth-order valence-corrected chi connectivity index (χ4v) is 6.57. The quantitative estimate of drug-likeness (QED) is 0.779. The molecule has 2 nitrogen and oxygen atoms in total. The molecule has 4 unspecified atom stereocenters. The van der Waals surface area contributed by atoms with E-state index in [-0.39, 0.29) is 0 Å². The van der Waals surface area contributed by atoms with E-state index in [0.29, 0.717) is 0 Å². The molecule has 20 heavy (non-hydrogen) atoms. The molecule has 5 rings (SSSR count). The highest BCUT2D eigenvalue weighted by Crippen LogP contribution is 2.59. The van der Waals surface area contributed by atoms with Crippen molar-refractivity contribution in [3.63, 3.8) is 0 Å². The van der Waals surface area contributed by atoms with Crippen molar-refractivity contribution in [3.05, 3.63) is 0 Å². The molecule has 0 aromatic heterocycles. The van der Waals surface area contributed by atoms with Crippen LogP contribution >= 0.6 is 0 Å². The lowest BCUT2D eigenvalue weighted by Gasteiger charge is -2.52. The molecule has 2 saturated heterocycles. The van der Waals surface area contributed by atoms with E-state index in [0.717, 1.165) is 35.5 Å². The van der Waals surface area contributed by atoms with Crippen molar-refractivity contribution in [2.24, 2.45) is 35.5 Å². The van der Waals surface area contributed by atoms with Crippen molar-refractivity contribution in [3.8, 4) is 0 Å². The lowest BCUT2D eigenvalue weighted by atomic mass is 9.52. The monoisotopic (exact) mass is 276 g/mol. The second-order valence-electron chi connectivity index (χ2n) is 8.08. The number of rotatable bonds is 4. The van der Waals surface area contributed by atoms with Crippen molar-refractivity contribution in [2.75, 3.05) is 39.3 Å². The van der Waals surface area contributed by atoms with Crippen molar-refractivity contribution in [1.29, 1.82) is 0 Å². The Labute approximate surface area is 124 Å². The van der Waals surface area contributed by atoms with E-state index in [1.807, 2.05) is 0 Å². The highest BCUT2D eigenvalue weighted by atomic mass is 15.2. The largest absolute Gasteiger partial charge is 0.303 e. The summed E-state index contributed by atoms with van der Waals surface area (Å²) in [5, 5.41) is 0. The van der Waals surface area contributed by atoms with Crippen molar-refractivity contribution in [1.82, 2.24) is 9.80 Å². The third-order valence-electron chi connectivity index (χ3n) is 7.09. The normalized spacial score (nSPS) is 47.7. The molecule has 0 radical (unpaired) electrons. The summed E-state index contributed by atoms with van der Waals surface area (Å²) >= 11 is 0. The van der Waals surface area contributed by atoms with Gasteiger partial charge in [0.15, 0.2) is 0 Å². The van der Waals surface area contributed by atoms with Crippen LogP contribution in [0.15, 0.2) is 0 Å². The van der Waals surface area contributed by atoms with Crippen LogP contribution in [0.1, 0.15) is 39.5 Å². The molecule has 0 aromatic rings. The second-order valence-corrected chi connectivity index (χ2v) is 8.08. The summed E-state index contributed by atoms with van der Waals surface area (Å²) in [7, 11) is 0. The van der Waals surface area contributed by atoms with Gasteiger partial charge in [-0.05, 0) is 74.3 Å². The summed E-state index contributed by atoms with van der Waals surface area (Å²) in [6.45, 7) is 13.1. The molecule has 2 aliphatic heterocycles. The van der Waals surface area contributed by atoms with Gasteiger partial charge in [-0.1, -0.05) is 13.8 Å². The van der Waals surface area contributed by atoms with E-state index in [1.165, 1.54) is 52.1 Å². The van der Waals surface area contributed by atoms with Crippen LogP contribution in [0.4, 0.5) is 0 Å². The summed E-state index contributed by atoms with van der Waals surface area (Å²) in [5.41, 5.74) is 0. The number of hydrogen-bond acceptors (Lipinski definition) is 2. The maximum absolute atomic E-state index is 2.80. The third kappa shape index (κ3) is 1.98. The Hall–Kier alpha value is -0.0800. The van der Waals surface area contributed by atoms with Gasteiger partial charge < -0.3 is 9.80 Å². The number of likely N-dealkylation sites (tertiary alicyclic amines) is 2. The molecule has 2 heterocycles. The van der Waals surface area contributed by atoms with Gasteiger partial charge in [0.25, 0.3) is 0 Å². The van der Waals surface area contributed by atoms with Gasteiger partial charge in [0.2, 0.25) is 0 Å². The third-order valence-corrected chi connectivity index (χ3v) is 7.09. The summed E-state index contributed by atoms with van der Waals surface area (Å²) in [4.78, 5) is 5.59. The van der Waals surface area contributed by atoms with Gasteiger partial charge in [0.05, 0.1) is 0 Å². The molecule has 0 spiro atoms. The number of fused-ring (bicyclic) bond motifs is 1. The first kappa shape index (κ1) is 13.6. The zero-order chi connectivity index (χ0) is 13.7. The minimum Gasteiger partial charge on any atom is -0.303 e. The molecule has 2 bridgehead atoms. The van der Waals surface area contributed by atoms with Crippen molar-refractivity contribution >= 4 is 0 Å². The van der Waals surface area contributed by atoms with Crippen molar-refractivity contribution in [2.45, 2.75) is 39.5 Å². The first-order valence-electron chi connectivity index (χ1n) is 9.26. The molecule has 4 atom stereocenters. The molecule has 0 N–H and O–H groups in total. The maximum atomic E-state index is 2.80. The average molecular weight is 276 g/mol. The minimum atomic E-state index is 1.07. The Bertz CT molecular complexity index is 297. The van der Waals surface area contributed by atoms with Gasteiger partial charge in [-0.25, -0.2) is 0 Å². The van der Waals surface area contributed by atoms with Crippen LogP contribution in [0, 0.1) is 35.5 Å². The maximum Gasteiger partial charge on any atom is 0.00158 e. The summed E-state index contributed by atoms with van der Waals surface area (Å²) in [6.07, 6.45) is 5.80. The molecule has 3 aliphatic carbocycles. The fourth-order valence-electron chi connectivity index (χ4n) is 6.57. The smallest absolute Gasteiger partial charge is 0.00158 e. The second kappa shape index (κ2) is 5.28. The molecule has 5 aliphatic rings. The van der Waals surface area contributed by atoms with Gasteiger partial charge in [0.1, 0.15) is 0 Å². The van der Waals surface area contributed by atoms with E-state index in [4.69, 9.17) is 0 Å². The zero-order valence-electron chi connectivity index (χ0n) is 13.4. The van der Waals surface area contributed by atoms with Gasteiger partial charge in [-0.15, -0.1) is 0 Å². The predicted molar refractivity (Wildman–Crippen MR) is 83.6 cm³/mol. The Morgan fingerprint density at radius 3 is 1.25 bits per heavy atom. The first-order valence-corrected chi connectivity index (χ1v) is 9.26. The minimum absolute atomic E-state index is 1.07. The van der Waals surface area contributed by atoms with Gasteiger partial charge in [-0.3, -0.25) is 0 Å². The average Bonchev–Trinajstić information content (AvgIpc) is 3.03. The molecule has 3 saturated carbocycles. The van der Waals surface area contributed by atoms with E-state index in [9.17, 15) is 0 Å². The fraction of sp³-hybridized carbons (Fsp3) is 1.00. The van der Waals surface area contributed by atoms with Gasteiger partial charge in [0, 0.05) is 26.2 Å². The number of nitrogens with zero attached hydrogens (tertiary/aromatic N) is 2. The molecule has 0 amide bonds. The van der Waals surface area contributed by atoms with Gasteiger partial charge >= 0.3 is 0 Å². The van der Waals surface area contributed by atoms with E-state index in [1.54, 1.807) is 12.8 Å². The van der Waals surface area contributed by atoms with E-state index < -0.39 is 0 Å². The van der Waals surface area contributed by atoms with Gasteiger partial charge in [-0.2, -0.15) is 0 Å². The topological polar surface area (TPSA) is 6.48 Å². The van der Waals surface area contributed by atoms with Crippen LogP contribution < -0.4 is 0 Å². The molecule has 2 heteroatoms. The van der Waals surface area contributed by atoms with E-state index in [2.05, 4.69) is 23.6 Å². The molecule has 5 fully saturated rings. The Morgan fingerprint density at radius 1 is 0.600 bits per heavy atom. The lowest BCUT2D eigenvalue weighted by Crippen LogP contribution is -2.49. The Kier molecular flexibility index (Phi) is 3.58. The van der Waals surface area contributed by atoms with Crippen LogP contribution in [-0.4, -0.2) is 49.1 Å². The first-order chi connectivity index (χ1) is 9.81. The highest BCUT2D eigenvalue weighted by molar-refractivity contribution is 5.08. The highest BCUT2D eigenvalue weighted by Gasteiger charge is 2.58. The molecular formula is C18H32N2.